The van der Waals surface area contributed by atoms with Crippen molar-refractivity contribution >= 4 is 40.9 Å². The first-order valence-electron chi connectivity index (χ1n) is 14.3. The van der Waals surface area contributed by atoms with Gasteiger partial charge in [0.05, 0.1) is 23.3 Å². The Balaban J connectivity index is 1.71. The summed E-state index contributed by atoms with van der Waals surface area (Å²) in [6.07, 6.45) is 5.24. The molecule has 0 aromatic heterocycles. The molecule has 0 saturated heterocycles. The fourth-order valence-corrected chi connectivity index (χ4v) is 5.62. The molecule has 1 heterocycles. The van der Waals surface area contributed by atoms with Crippen molar-refractivity contribution in [1.29, 1.82) is 0 Å². The van der Waals surface area contributed by atoms with Gasteiger partial charge in [0.1, 0.15) is 5.54 Å². The van der Waals surface area contributed by atoms with Gasteiger partial charge < -0.3 is 20.6 Å². The van der Waals surface area contributed by atoms with Crippen LogP contribution in [0.4, 0.5) is 21.9 Å². The van der Waals surface area contributed by atoms with Gasteiger partial charge in [-0.15, -0.1) is 0 Å². The number of carbonyl (C=O) groups excluding carboxylic acids is 3. The molecule has 2 aromatic rings. The van der Waals surface area contributed by atoms with Crippen molar-refractivity contribution in [2.75, 3.05) is 21.7 Å². The summed E-state index contributed by atoms with van der Waals surface area (Å²) in [6, 6.07) is 13.7. The smallest absolute Gasteiger partial charge is 0.320 e. The maximum Gasteiger partial charge on any atom is 0.320 e. The predicted molar refractivity (Wildman–Crippen MR) is 160 cm³/mol. The fraction of sp³-hybridized carbons (Fsp3) is 0.500. The van der Waals surface area contributed by atoms with Crippen LogP contribution in [0.5, 0.6) is 0 Å². The second-order valence-corrected chi connectivity index (χ2v) is 13.0. The number of hydrogen-bond donors (Lipinski definition) is 3. The van der Waals surface area contributed by atoms with Crippen LogP contribution in [0.15, 0.2) is 48.5 Å². The average Bonchev–Trinajstić information content (AvgIpc) is 3.00. The molecule has 220 valence electrons. The van der Waals surface area contributed by atoms with E-state index >= 15 is 0 Å². The van der Waals surface area contributed by atoms with Gasteiger partial charge in [-0.05, 0) is 63.4 Å². The number of carboxylic acids is 1. The predicted octanol–water partition coefficient (Wildman–Crippen LogP) is 5.69. The van der Waals surface area contributed by atoms with Gasteiger partial charge in [-0.25, -0.2) is 9.69 Å². The molecule has 1 unspecified atom stereocenters. The Bertz CT molecular complexity index is 1340. The summed E-state index contributed by atoms with van der Waals surface area (Å²) < 4.78 is 0. The molecular weight excluding hydrogens is 520 g/mol. The Labute approximate surface area is 242 Å². The standard InChI is InChI=1S/C32H42N4O5/c1-30(2,3)26(37)36-25-18-11-10-17-24(25)35(23-15-8-7-9-16-23)20-32(6,27(36)38)34-29(41)33-22-14-12-13-21(19-22)31(4,5)28(39)40/h10-14,17-19,23H,7-9,15-16,20H2,1-6H3,(H,39,40)(H2,33,34,41). The van der Waals surface area contributed by atoms with Crippen LogP contribution < -0.4 is 20.4 Å². The number of benzene rings is 2. The number of aliphatic carboxylic acids is 1. The zero-order valence-corrected chi connectivity index (χ0v) is 24.9. The summed E-state index contributed by atoms with van der Waals surface area (Å²) in [6.45, 7) is 10.4. The molecule has 2 aromatic carbocycles. The van der Waals surface area contributed by atoms with Gasteiger partial charge in [-0.1, -0.05) is 64.3 Å². The van der Waals surface area contributed by atoms with E-state index in [0.29, 0.717) is 16.9 Å². The van der Waals surface area contributed by atoms with Crippen LogP contribution in [0, 0.1) is 5.41 Å². The number of carboxylic acid groups (broad SMARTS) is 1. The first-order valence-corrected chi connectivity index (χ1v) is 14.3. The highest BCUT2D eigenvalue weighted by Gasteiger charge is 2.49. The second-order valence-electron chi connectivity index (χ2n) is 13.0. The highest BCUT2D eigenvalue weighted by molar-refractivity contribution is 6.22. The molecule has 41 heavy (non-hydrogen) atoms. The van der Waals surface area contributed by atoms with Crippen LogP contribution in [0.25, 0.3) is 0 Å². The Morgan fingerprint density at radius 2 is 1.56 bits per heavy atom. The van der Waals surface area contributed by atoms with Gasteiger partial charge in [-0.3, -0.25) is 14.4 Å². The lowest BCUT2D eigenvalue weighted by Crippen LogP contribution is -2.64. The molecule has 0 spiro atoms. The lowest BCUT2D eigenvalue weighted by atomic mass is 9.84. The topological polar surface area (TPSA) is 119 Å². The van der Waals surface area contributed by atoms with Gasteiger partial charge in [0.15, 0.2) is 0 Å². The third-order valence-electron chi connectivity index (χ3n) is 8.22. The third-order valence-corrected chi connectivity index (χ3v) is 8.22. The average molecular weight is 563 g/mol. The molecule has 1 fully saturated rings. The molecular formula is C32H42N4O5. The SMILES string of the molecule is CC(C)(C)C(=O)N1C(=O)C(C)(NC(=O)Nc2cccc(C(C)(C)C(=O)O)c2)CN(C2CCCCC2)c2ccccc21. The van der Waals surface area contributed by atoms with E-state index in [-0.39, 0.29) is 18.5 Å². The number of hydrogen-bond acceptors (Lipinski definition) is 5. The van der Waals surface area contributed by atoms with Gasteiger partial charge in [-0.2, -0.15) is 0 Å². The van der Waals surface area contributed by atoms with Crippen molar-refractivity contribution in [3.63, 3.8) is 0 Å². The molecule has 2 aliphatic rings. The van der Waals surface area contributed by atoms with E-state index in [9.17, 15) is 24.3 Å². The van der Waals surface area contributed by atoms with Gasteiger partial charge >= 0.3 is 12.0 Å². The Hall–Kier alpha value is -3.88. The summed E-state index contributed by atoms with van der Waals surface area (Å²) in [4.78, 5) is 56.8. The second kappa shape index (κ2) is 11.2. The number of nitrogens with zero attached hydrogens (tertiary/aromatic N) is 2. The van der Waals surface area contributed by atoms with Crippen molar-refractivity contribution in [2.24, 2.45) is 5.41 Å². The summed E-state index contributed by atoms with van der Waals surface area (Å²) in [5, 5.41) is 15.3. The number of fused-ring (bicyclic) bond motifs is 1. The van der Waals surface area contributed by atoms with E-state index in [4.69, 9.17) is 0 Å². The molecule has 4 amide bonds. The molecule has 9 nitrogen and oxygen atoms in total. The van der Waals surface area contributed by atoms with Gasteiger partial charge in [0.2, 0.25) is 5.91 Å². The van der Waals surface area contributed by atoms with Crippen molar-refractivity contribution in [3.05, 3.63) is 54.1 Å². The number of amides is 4. The molecule has 1 aliphatic carbocycles. The lowest BCUT2D eigenvalue weighted by molar-refractivity contribution is -0.142. The normalized spacial score (nSPS) is 20.2. The van der Waals surface area contributed by atoms with E-state index in [1.165, 1.54) is 4.90 Å². The number of rotatable bonds is 5. The van der Waals surface area contributed by atoms with Crippen LogP contribution in [0.2, 0.25) is 0 Å². The molecule has 1 atom stereocenters. The number of para-hydroxylation sites is 2. The third kappa shape index (κ3) is 6.09. The molecule has 1 aliphatic heterocycles. The van der Waals surface area contributed by atoms with Gasteiger partial charge in [0, 0.05) is 17.1 Å². The van der Waals surface area contributed by atoms with Crippen LogP contribution in [-0.4, -0.2) is 47.0 Å². The summed E-state index contributed by atoms with van der Waals surface area (Å²) in [7, 11) is 0. The minimum Gasteiger partial charge on any atom is -0.481 e. The quantitative estimate of drug-likeness (QED) is 0.431. The highest BCUT2D eigenvalue weighted by Crippen LogP contribution is 2.40. The minimum atomic E-state index is -1.45. The van der Waals surface area contributed by atoms with E-state index in [1.807, 2.05) is 18.2 Å². The van der Waals surface area contributed by atoms with Crippen molar-refractivity contribution < 1.29 is 24.3 Å². The van der Waals surface area contributed by atoms with Crippen molar-refractivity contribution in [2.45, 2.75) is 90.6 Å². The van der Waals surface area contributed by atoms with Gasteiger partial charge in [0.25, 0.3) is 5.91 Å². The van der Waals surface area contributed by atoms with Crippen LogP contribution in [-0.2, 0) is 19.8 Å². The van der Waals surface area contributed by atoms with Crippen molar-refractivity contribution in [3.8, 4) is 0 Å². The Morgan fingerprint density at radius 1 is 0.927 bits per heavy atom. The number of anilines is 3. The Kier molecular flexibility index (Phi) is 8.21. The summed E-state index contributed by atoms with van der Waals surface area (Å²) in [5.41, 5.74) is -1.19. The Morgan fingerprint density at radius 3 is 2.17 bits per heavy atom. The van der Waals surface area contributed by atoms with E-state index in [1.54, 1.807) is 71.9 Å². The van der Waals surface area contributed by atoms with Crippen LogP contribution in [0.1, 0.15) is 79.2 Å². The monoisotopic (exact) mass is 562 g/mol. The molecule has 4 rings (SSSR count). The first-order chi connectivity index (χ1) is 19.1. The van der Waals surface area contributed by atoms with Crippen LogP contribution in [0.3, 0.4) is 0 Å². The number of urea groups is 1. The number of imide groups is 1. The molecule has 0 radical (unpaired) electrons. The van der Waals surface area contributed by atoms with E-state index < -0.39 is 34.3 Å². The minimum absolute atomic E-state index is 0.168. The number of nitrogens with one attached hydrogen (secondary N) is 2. The van der Waals surface area contributed by atoms with Crippen LogP contribution >= 0.6 is 0 Å². The molecule has 3 N–H and O–H groups in total. The highest BCUT2D eigenvalue weighted by atomic mass is 16.4. The summed E-state index contributed by atoms with van der Waals surface area (Å²) >= 11 is 0. The molecule has 9 heteroatoms. The van der Waals surface area contributed by atoms with Crippen molar-refractivity contribution in [1.82, 2.24) is 5.32 Å². The maximum atomic E-state index is 14.4. The van der Waals surface area contributed by atoms with E-state index in [2.05, 4.69) is 15.5 Å². The molecule has 1 saturated carbocycles. The maximum absolute atomic E-state index is 14.4. The zero-order chi connectivity index (χ0) is 30.2. The largest absolute Gasteiger partial charge is 0.481 e. The van der Waals surface area contributed by atoms with E-state index in [0.717, 1.165) is 37.8 Å². The molecule has 0 bridgehead atoms. The summed E-state index contributed by atoms with van der Waals surface area (Å²) in [5.74, 6) is -1.83. The lowest BCUT2D eigenvalue weighted by Gasteiger charge is -2.40. The fourth-order valence-electron chi connectivity index (χ4n) is 5.62. The number of carbonyl (C=O) groups is 4. The zero-order valence-electron chi connectivity index (χ0n) is 24.9. The first kappa shape index (κ1) is 30.1.